The van der Waals surface area contributed by atoms with Gasteiger partial charge in [-0.25, -0.2) is 0 Å². The van der Waals surface area contributed by atoms with Crippen LogP contribution in [0.25, 0.3) is 0 Å². The molecule has 0 bridgehead atoms. The summed E-state index contributed by atoms with van der Waals surface area (Å²) in [6, 6.07) is 4.09. The fourth-order valence-corrected chi connectivity index (χ4v) is 2.20. The van der Waals surface area contributed by atoms with Crippen LogP contribution >= 0.6 is 0 Å². The summed E-state index contributed by atoms with van der Waals surface area (Å²) in [5.74, 6) is 0.454. The Labute approximate surface area is 96.1 Å². The monoisotopic (exact) mass is 221 g/mol. The molecule has 1 aliphatic heterocycles. The molecule has 0 amide bonds. The van der Waals surface area contributed by atoms with Crippen molar-refractivity contribution in [2.75, 3.05) is 19.7 Å². The number of rotatable bonds is 4. The molecule has 4 nitrogen and oxygen atoms in total. The topological polar surface area (TPSA) is 62.4 Å². The van der Waals surface area contributed by atoms with E-state index in [1.54, 1.807) is 0 Å². The van der Waals surface area contributed by atoms with Crippen molar-refractivity contribution in [3.63, 3.8) is 0 Å². The minimum absolute atomic E-state index is 0.306. The molecule has 1 atom stereocenters. The fourth-order valence-electron chi connectivity index (χ4n) is 2.20. The number of pyridine rings is 1. The van der Waals surface area contributed by atoms with Crippen LogP contribution in [0.4, 0.5) is 0 Å². The maximum atomic E-state index is 9.08. The van der Waals surface area contributed by atoms with Crippen molar-refractivity contribution in [3.8, 4) is 0 Å². The predicted molar refractivity (Wildman–Crippen MR) is 62.6 cm³/mol. The summed E-state index contributed by atoms with van der Waals surface area (Å²) in [5, 5.41) is 9.08. The quantitative estimate of drug-likeness (QED) is 0.770. The van der Waals surface area contributed by atoms with Gasteiger partial charge in [-0.3, -0.25) is 9.88 Å². The van der Waals surface area contributed by atoms with Crippen molar-refractivity contribution in [3.05, 3.63) is 29.6 Å². The largest absolute Gasteiger partial charge is 0.396 e. The van der Waals surface area contributed by atoms with E-state index in [0.717, 1.165) is 31.7 Å². The highest BCUT2D eigenvalue weighted by atomic mass is 16.3. The molecule has 0 aromatic carbocycles. The summed E-state index contributed by atoms with van der Waals surface area (Å²) >= 11 is 0. The second-order valence-electron chi connectivity index (χ2n) is 4.43. The Morgan fingerprint density at radius 1 is 1.56 bits per heavy atom. The van der Waals surface area contributed by atoms with Crippen molar-refractivity contribution in [1.82, 2.24) is 9.88 Å². The van der Waals surface area contributed by atoms with Crippen molar-refractivity contribution < 1.29 is 5.11 Å². The summed E-state index contributed by atoms with van der Waals surface area (Å²) in [6.45, 7) is 3.81. The minimum atomic E-state index is 0.306. The Morgan fingerprint density at radius 2 is 2.44 bits per heavy atom. The normalized spacial score (nSPS) is 21.5. The molecule has 1 aliphatic rings. The van der Waals surface area contributed by atoms with E-state index >= 15 is 0 Å². The average Bonchev–Trinajstić information content (AvgIpc) is 2.77. The van der Waals surface area contributed by atoms with Gasteiger partial charge in [0.1, 0.15) is 0 Å². The molecule has 0 saturated carbocycles. The summed E-state index contributed by atoms with van der Waals surface area (Å²) in [6.07, 6.45) is 2.92. The molecule has 16 heavy (non-hydrogen) atoms. The molecular formula is C12H19N3O. The Balaban J connectivity index is 1.94. The predicted octanol–water partition coefficient (Wildman–Crippen LogP) is 0.354. The molecule has 0 spiro atoms. The number of aliphatic hydroxyl groups is 1. The third-order valence-corrected chi connectivity index (χ3v) is 3.12. The average molecular weight is 221 g/mol. The Bertz CT molecular complexity index is 343. The molecule has 1 unspecified atom stereocenters. The van der Waals surface area contributed by atoms with E-state index in [4.69, 9.17) is 10.8 Å². The number of likely N-dealkylation sites (tertiary alicyclic amines) is 1. The maximum absolute atomic E-state index is 9.08. The van der Waals surface area contributed by atoms with Gasteiger partial charge in [0.05, 0.1) is 5.69 Å². The van der Waals surface area contributed by atoms with Crippen LogP contribution in [0, 0.1) is 5.92 Å². The first-order valence-electron chi connectivity index (χ1n) is 5.79. The molecule has 2 heterocycles. The number of hydrogen-bond acceptors (Lipinski definition) is 4. The molecule has 4 heteroatoms. The smallest absolute Gasteiger partial charge is 0.0542 e. The standard InChI is InChI=1S/C12H19N3O/c13-6-12-5-10(1-3-14-12)7-15-4-2-11(8-15)9-16/h1,3,5,11,16H,2,4,6-9,13H2. The van der Waals surface area contributed by atoms with Gasteiger partial charge in [0.15, 0.2) is 0 Å². The molecule has 1 aromatic heterocycles. The first-order valence-corrected chi connectivity index (χ1v) is 5.79. The molecule has 1 saturated heterocycles. The molecule has 0 radical (unpaired) electrons. The van der Waals surface area contributed by atoms with Gasteiger partial charge in [-0.1, -0.05) is 0 Å². The highest BCUT2D eigenvalue weighted by Crippen LogP contribution is 2.18. The zero-order valence-corrected chi connectivity index (χ0v) is 9.47. The lowest BCUT2D eigenvalue weighted by molar-refractivity contribution is 0.220. The van der Waals surface area contributed by atoms with Gasteiger partial charge in [-0.05, 0) is 36.6 Å². The van der Waals surface area contributed by atoms with Crippen molar-refractivity contribution in [1.29, 1.82) is 0 Å². The Hall–Kier alpha value is -0.970. The summed E-state index contributed by atoms with van der Waals surface area (Å²) in [4.78, 5) is 6.55. The lowest BCUT2D eigenvalue weighted by Gasteiger charge is -2.15. The lowest BCUT2D eigenvalue weighted by atomic mass is 10.1. The van der Waals surface area contributed by atoms with Crippen molar-refractivity contribution in [2.24, 2.45) is 11.7 Å². The number of nitrogens with zero attached hydrogens (tertiary/aromatic N) is 2. The molecule has 1 fully saturated rings. The van der Waals surface area contributed by atoms with Crippen LogP contribution in [0.3, 0.4) is 0 Å². The Morgan fingerprint density at radius 3 is 3.12 bits per heavy atom. The molecule has 0 aliphatic carbocycles. The Kier molecular flexibility index (Phi) is 3.88. The van der Waals surface area contributed by atoms with Crippen LogP contribution in [0.5, 0.6) is 0 Å². The van der Waals surface area contributed by atoms with Gasteiger partial charge in [0.25, 0.3) is 0 Å². The van der Waals surface area contributed by atoms with E-state index in [-0.39, 0.29) is 0 Å². The minimum Gasteiger partial charge on any atom is -0.396 e. The van der Waals surface area contributed by atoms with Crippen LogP contribution in [0.1, 0.15) is 17.7 Å². The molecule has 3 N–H and O–H groups in total. The third-order valence-electron chi connectivity index (χ3n) is 3.12. The summed E-state index contributed by atoms with van der Waals surface area (Å²) in [5.41, 5.74) is 7.76. The van der Waals surface area contributed by atoms with Gasteiger partial charge in [-0.15, -0.1) is 0 Å². The lowest BCUT2D eigenvalue weighted by Crippen LogP contribution is -2.21. The van der Waals surface area contributed by atoms with Gasteiger partial charge >= 0.3 is 0 Å². The van der Waals surface area contributed by atoms with E-state index in [2.05, 4.69) is 16.0 Å². The van der Waals surface area contributed by atoms with E-state index in [9.17, 15) is 0 Å². The zero-order chi connectivity index (χ0) is 11.4. The van der Waals surface area contributed by atoms with E-state index in [1.807, 2.05) is 12.3 Å². The van der Waals surface area contributed by atoms with Crippen molar-refractivity contribution >= 4 is 0 Å². The number of nitrogens with two attached hydrogens (primary N) is 1. The van der Waals surface area contributed by atoms with Crippen LogP contribution in [0.2, 0.25) is 0 Å². The van der Waals surface area contributed by atoms with E-state index in [1.165, 1.54) is 5.56 Å². The second-order valence-corrected chi connectivity index (χ2v) is 4.43. The first kappa shape index (κ1) is 11.5. The van der Waals surface area contributed by atoms with Crippen LogP contribution in [-0.4, -0.2) is 34.7 Å². The van der Waals surface area contributed by atoms with Gasteiger partial charge < -0.3 is 10.8 Å². The SMILES string of the molecule is NCc1cc(CN2CCC(CO)C2)ccn1. The van der Waals surface area contributed by atoms with E-state index < -0.39 is 0 Å². The maximum Gasteiger partial charge on any atom is 0.0542 e. The highest BCUT2D eigenvalue weighted by molar-refractivity contribution is 5.16. The number of aromatic nitrogens is 1. The molecule has 2 rings (SSSR count). The molecular weight excluding hydrogens is 202 g/mol. The number of hydrogen-bond donors (Lipinski definition) is 2. The second kappa shape index (κ2) is 5.39. The van der Waals surface area contributed by atoms with E-state index in [0.29, 0.717) is 19.1 Å². The fraction of sp³-hybridized carbons (Fsp3) is 0.583. The molecule has 88 valence electrons. The van der Waals surface area contributed by atoms with Gasteiger partial charge in [0, 0.05) is 32.4 Å². The first-order chi connectivity index (χ1) is 7.81. The van der Waals surface area contributed by atoms with Crippen LogP contribution in [0.15, 0.2) is 18.3 Å². The highest BCUT2D eigenvalue weighted by Gasteiger charge is 2.21. The molecule has 1 aromatic rings. The number of aliphatic hydroxyl groups excluding tert-OH is 1. The third kappa shape index (κ3) is 2.78. The van der Waals surface area contributed by atoms with Gasteiger partial charge in [-0.2, -0.15) is 0 Å². The summed E-state index contributed by atoms with van der Waals surface area (Å²) < 4.78 is 0. The van der Waals surface area contributed by atoms with Crippen LogP contribution in [-0.2, 0) is 13.1 Å². The van der Waals surface area contributed by atoms with Gasteiger partial charge in [0.2, 0.25) is 0 Å². The zero-order valence-electron chi connectivity index (χ0n) is 9.47. The van der Waals surface area contributed by atoms with Crippen molar-refractivity contribution in [2.45, 2.75) is 19.5 Å². The van der Waals surface area contributed by atoms with Crippen LogP contribution < -0.4 is 5.73 Å². The summed E-state index contributed by atoms with van der Waals surface area (Å²) in [7, 11) is 0.